The molecule has 112 valence electrons. The van der Waals surface area contributed by atoms with Crippen LogP contribution in [0, 0.1) is 13.8 Å². The molecule has 0 aromatic carbocycles. The van der Waals surface area contributed by atoms with Crippen molar-refractivity contribution < 1.29 is 14.7 Å². The highest BCUT2D eigenvalue weighted by atomic mass is 16.4. The highest BCUT2D eigenvalue weighted by molar-refractivity contribution is 6.02. The number of carbonyl (C=O) groups is 2. The lowest BCUT2D eigenvalue weighted by molar-refractivity contribution is 0.0685. The Bertz CT molecular complexity index is 673. The monoisotopic (exact) mass is 291 g/mol. The molecule has 0 unspecified atom stereocenters. The van der Waals surface area contributed by atoms with Crippen LogP contribution in [0.4, 0.5) is 0 Å². The Morgan fingerprint density at radius 2 is 2.19 bits per heavy atom. The van der Waals surface area contributed by atoms with Gasteiger partial charge in [-0.05, 0) is 26.8 Å². The van der Waals surface area contributed by atoms with Crippen molar-refractivity contribution in [2.45, 2.75) is 26.8 Å². The van der Waals surface area contributed by atoms with Crippen LogP contribution >= 0.6 is 0 Å². The van der Waals surface area contributed by atoms with E-state index in [-0.39, 0.29) is 17.4 Å². The number of H-pyrrole nitrogens is 1. The summed E-state index contributed by atoms with van der Waals surface area (Å²) in [6, 6.07) is 1.91. The first-order chi connectivity index (χ1) is 9.90. The van der Waals surface area contributed by atoms with Crippen LogP contribution in [0.1, 0.15) is 45.3 Å². The van der Waals surface area contributed by atoms with Gasteiger partial charge in [0, 0.05) is 12.2 Å². The van der Waals surface area contributed by atoms with Crippen LogP contribution in [0.25, 0.3) is 0 Å². The smallest absolute Gasteiger partial charge is 0.354 e. The summed E-state index contributed by atoms with van der Waals surface area (Å²) in [6.07, 6.45) is 1.18. The normalized spacial score (nSPS) is 12.1. The number of aromatic nitrogens is 4. The minimum absolute atomic E-state index is 0.0464. The quantitative estimate of drug-likeness (QED) is 0.758. The summed E-state index contributed by atoms with van der Waals surface area (Å²) in [7, 11) is 0. The number of aromatic amines is 1. The first-order valence-corrected chi connectivity index (χ1v) is 6.47. The number of imidazole rings is 1. The Morgan fingerprint density at radius 1 is 1.48 bits per heavy atom. The van der Waals surface area contributed by atoms with Gasteiger partial charge in [-0.1, -0.05) is 0 Å². The Hall–Kier alpha value is -2.64. The van der Waals surface area contributed by atoms with Gasteiger partial charge in [0.25, 0.3) is 5.91 Å². The van der Waals surface area contributed by atoms with Crippen molar-refractivity contribution in [3.8, 4) is 0 Å². The van der Waals surface area contributed by atoms with E-state index < -0.39 is 11.9 Å². The van der Waals surface area contributed by atoms with E-state index in [1.54, 1.807) is 0 Å². The summed E-state index contributed by atoms with van der Waals surface area (Å²) in [4.78, 5) is 29.1. The molecule has 21 heavy (non-hydrogen) atoms. The zero-order valence-corrected chi connectivity index (χ0v) is 12.0. The molecule has 8 heteroatoms. The van der Waals surface area contributed by atoms with Crippen molar-refractivity contribution in [3.05, 3.63) is 35.2 Å². The third-order valence-corrected chi connectivity index (χ3v) is 3.09. The van der Waals surface area contributed by atoms with Gasteiger partial charge in [-0.3, -0.25) is 9.48 Å². The van der Waals surface area contributed by atoms with E-state index in [1.807, 2.05) is 31.5 Å². The molecular weight excluding hydrogens is 274 g/mol. The van der Waals surface area contributed by atoms with Crippen molar-refractivity contribution >= 4 is 11.9 Å². The van der Waals surface area contributed by atoms with Gasteiger partial charge >= 0.3 is 5.97 Å². The number of nitrogens with zero attached hydrogens (tertiary/aromatic N) is 3. The van der Waals surface area contributed by atoms with E-state index in [4.69, 9.17) is 5.11 Å². The predicted octanol–water partition coefficient (Wildman–Crippen LogP) is 0.912. The number of nitrogens with one attached hydrogen (secondary N) is 2. The molecule has 0 spiro atoms. The molecule has 0 aliphatic rings. The average Bonchev–Trinajstić information content (AvgIpc) is 3.02. The Balaban J connectivity index is 2.02. The van der Waals surface area contributed by atoms with Gasteiger partial charge in [-0.15, -0.1) is 0 Å². The molecule has 0 aliphatic carbocycles. The predicted molar refractivity (Wildman–Crippen MR) is 74.3 cm³/mol. The number of aryl methyl sites for hydroxylation is 2. The molecule has 2 aromatic rings. The summed E-state index contributed by atoms with van der Waals surface area (Å²) in [6.45, 7) is 6.08. The Labute approximate surface area is 121 Å². The van der Waals surface area contributed by atoms with Gasteiger partial charge in [0.05, 0.1) is 18.1 Å². The number of hydrogen-bond acceptors (Lipinski definition) is 4. The van der Waals surface area contributed by atoms with Crippen molar-refractivity contribution in [1.29, 1.82) is 0 Å². The van der Waals surface area contributed by atoms with Crippen LogP contribution in [0.5, 0.6) is 0 Å². The number of aromatic carboxylic acids is 1. The van der Waals surface area contributed by atoms with Gasteiger partial charge in [-0.25, -0.2) is 9.78 Å². The maximum Gasteiger partial charge on any atom is 0.354 e. The molecule has 1 amide bonds. The largest absolute Gasteiger partial charge is 0.477 e. The minimum atomic E-state index is -1.22. The Morgan fingerprint density at radius 3 is 2.76 bits per heavy atom. The first kappa shape index (κ1) is 14.8. The van der Waals surface area contributed by atoms with E-state index in [0.717, 1.165) is 11.4 Å². The maximum absolute atomic E-state index is 12.0. The summed E-state index contributed by atoms with van der Waals surface area (Å²) >= 11 is 0. The van der Waals surface area contributed by atoms with Crippen LogP contribution in [0.2, 0.25) is 0 Å². The third kappa shape index (κ3) is 3.10. The van der Waals surface area contributed by atoms with Crippen molar-refractivity contribution in [1.82, 2.24) is 25.1 Å². The SMILES string of the molecule is Cc1cc(C)n([C@@H](C)CNC(=O)c2nc[nH]c2C(=O)O)n1. The second-order valence-corrected chi connectivity index (χ2v) is 4.86. The van der Waals surface area contributed by atoms with Crippen LogP contribution < -0.4 is 5.32 Å². The van der Waals surface area contributed by atoms with Gasteiger partial charge < -0.3 is 15.4 Å². The van der Waals surface area contributed by atoms with E-state index >= 15 is 0 Å². The fraction of sp³-hybridized carbons (Fsp3) is 0.385. The molecule has 2 heterocycles. The van der Waals surface area contributed by atoms with Crippen molar-refractivity contribution in [3.63, 3.8) is 0 Å². The molecular formula is C13H17N5O3. The fourth-order valence-corrected chi connectivity index (χ4v) is 2.13. The Kier molecular flexibility index (Phi) is 4.06. The van der Waals surface area contributed by atoms with Crippen LogP contribution in [0.3, 0.4) is 0 Å². The average molecular weight is 291 g/mol. The molecule has 0 saturated heterocycles. The zero-order chi connectivity index (χ0) is 15.6. The van der Waals surface area contributed by atoms with Crippen molar-refractivity contribution in [2.24, 2.45) is 0 Å². The lowest BCUT2D eigenvalue weighted by atomic mass is 10.2. The van der Waals surface area contributed by atoms with Crippen molar-refractivity contribution in [2.75, 3.05) is 6.54 Å². The second-order valence-electron chi connectivity index (χ2n) is 4.86. The van der Waals surface area contributed by atoms with E-state index in [1.165, 1.54) is 6.33 Å². The number of hydrogen-bond donors (Lipinski definition) is 3. The van der Waals surface area contributed by atoms with E-state index in [2.05, 4.69) is 20.4 Å². The van der Waals surface area contributed by atoms with Crippen LogP contribution in [-0.4, -0.2) is 43.3 Å². The number of carboxylic acids is 1. The number of carbonyl (C=O) groups excluding carboxylic acids is 1. The van der Waals surface area contributed by atoms with Gasteiger partial charge in [0.1, 0.15) is 0 Å². The first-order valence-electron chi connectivity index (χ1n) is 6.47. The molecule has 2 rings (SSSR count). The molecule has 3 N–H and O–H groups in total. The highest BCUT2D eigenvalue weighted by Crippen LogP contribution is 2.10. The van der Waals surface area contributed by atoms with Crippen LogP contribution in [-0.2, 0) is 0 Å². The summed E-state index contributed by atoms with van der Waals surface area (Å²) < 4.78 is 1.82. The van der Waals surface area contributed by atoms with E-state index in [9.17, 15) is 9.59 Å². The fourth-order valence-electron chi connectivity index (χ4n) is 2.13. The zero-order valence-electron chi connectivity index (χ0n) is 12.0. The third-order valence-electron chi connectivity index (χ3n) is 3.09. The molecule has 1 atom stereocenters. The number of amides is 1. The number of rotatable bonds is 5. The molecule has 2 aromatic heterocycles. The molecule has 0 aliphatic heterocycles. The van der Waals surface area contributed by atoms with Gasteiger partial charge in [0.15, 0.2) is 11.4 Å². The highest BCUT2D eigenvalue weighted by Gasteiger charge is 2.20. The van der Waals surface area contributed by atoms with E-state index in [0.29, 0.717) is 6.54 Å². The summed E-state index contributed by atoms with van der Waals surface area (Å²) in [5.74, 6) is -1.74. The lowest BCUT2D eigenvalue weighted by Gasteiger charge is -2.14. The second kappa shape index (κ2) is 5.78. The molecule has 8 nitrogen and oxygen atoms in total. The molecule has 0 bridgehead atoms. The molecule has 0 fully saturated rings. The van der Waals surface area contributed by atoms with Gasteiger partial charge in [0.2, 0.25) is 0 Å². The lowest BCUT2D eigenvalue weighted by Crippen LogP contribution is -2.31. The van der Waals surface area contributed by atoms with Gasteiger partial charge in [-0.2, -0.15) is 5.10 Å². The maximum atomic E-state index is 12.0. The standard InChI is InChI=1S/C13H17N5O3/c1-7-4-8(2)18(17-7)9(3)5-14-12(19)10-11(13(20)21)16-6-15-10/h4,6,9H,5H2,1-3H3,(H,14,19)(H,15,16)(H,20,21)/t9-/m0/s1. The minimum Gasteiger partial charge on any atom is -0.477 e. The molecule has 0 radical (unpaired) electrons. The topological polar surface area (TPSA) is 113 Å². The summed E-state index contributed by atoms with van der Waals surface area (Å²) in [5, 5.41) is 15.9. The molecule has 0 saturated carbocycles. The van der Waals surface area contributed by atoms with Crippen LogP contribution in [0.15, 0.2) is 12.4 Å². The summed E-state index contributed by atoms with van der Waals surface area (Å²) in [5.41, 5.74) is 1.57. The number of carboxylic acid groups (broad SMARTS) is 1.